The van der Waals surface area contributed by atoms with Crippen molar-refractivity contribution in [2.45, 2.75) is 0 Å². The molecule has 0 aliphatic carbocycles. The third-order valence-electron chi connectivity index (χ3n) is 4.20. The van der Waals surface area contributed by atoms with E-state index in [4.69, 9.17) is 16.3 Å². The summed E-state index contributed by atoms with van der Waals surface area (Å²) in [5.74, 6) is 0.0994. The van der Waals surface area contributed by atoms with Crippen molar-refractivity contribution in [3.8, 4) is 16.9 Å². The molecule has 140 valence electrons. The van der Waals surface area contributed by atoms with Gasteiger partial charge in [0.1, 0.15) is 5.75 Å². The molecule has 0 atom stereocenters. The fourth-order valence-corrected chi connectivity index (χ4v) is 3.11. The fourth-order valence-electron chi connectivity index (χ4n) is 2.88. The van der Waals surface area contributed by atoms with Crippen molar-refractivity contribution in [3.05, 3.63) is 82.2 Å². The number of hydrogen-bond acceptors (Lipinski definition) is 3. The van der Waals surface area contributed by atoms with Crippen LogP contribution in [0, 0.1) is 0 Å². The molecule has 4 rings (SSSR count). The number of anilines is 1. The Morgan fingerprint density at radius 2 is 1.71 bits per heavy atom. The van der Waals surface area contributed by atoms with Crippen molar-refractivity contribution in [1.29, 1.82) is 0 Å². The number of aromatic amines is 2. The molecule has 28 heavy (non-hydrogen) atoms. The number of halogens is 1. The summed E-state index contributed by atoms with van der Waals surface area (Å²) in [7, 11) is 0. The first-order valence-corrected chi connectivity index (χ1v) is 8.96. The van der Waals surface area contributed by atoms with Gasteiger partial charge in [-0.15, -0.1) is 0 Å². The van der Waals surface area contributed by atoms with Crippen LogP contribution in [-0.4, -0.2) is 22.5 Å². The highest BCUT2D eigenvalue weighted by Gasteiger charge is 2.09. The van der Waals surface area contributed by atoms with Crippen LogP contribution in [0.4, 0.5) is 5.69 Å². The predicted octanol–water partition coefficient (Wildman–Crippen LogP) is 4.19. The molecule has 0 saturated carbocycles. The van der Waals surface area contributed by atoms with Crippen LogP contribution in [0.2, 0.25) is 5.02 Å². The lowest BCUT2D eigenvalue weighted by Crippen LogP contribution is -2.20. The van der Waals surface area contributed by atoms with E-state index in [1.165, 1.54) is 0 Å². The zero-order valence-corrected chi connectivity index (χ0v) is 15.4. The summed E-state index contributed by atoms with van der Waals surface area (Å²) in [6.07, 6.45) is 0. The first-order valence-electron chi connectivity index (χ1n) is 8.58. The first-order chi connectivity index (χ1) is 13.6. The van der Waals surface area contributed by atoms with Crippen molar-refractivity contribution in [1.82, 2.24) is 9.97 Å². The van der Waals surface area contributed by atoms with E-state index in [0.717, 1.165) is 11.1 Å². The summed E-state index contributed by atoms with van der Waals surface area (Å²) < 4.78 is 5.55. The average Bonchev–Trinajstić information content (AvgIpc) is 3.07. The van der Waals surface area contributed by atoms with E-state index >= 15 is 0 Å². The van der Waals surface area contributed by atoms with Crippen molar-refractivity contribution in [2.75, 3.05) is 11.9 Å². The molecule has 0 aliphatic heterocycles. The molecule has 1 amide bonds. The molecule has 1 aromatic heterocycles. The summed E-state index contributed by atoms with van der Waals surface area (Å²) in [5.41, 5.74) is 3.56. The summed E-state index contributed by atoms with van der Waals surface area (Å²) in [6, 6.07) is 20.4. The van der Waals surface area contributed by atoms with Gasteiger partial charge in [0.05, 0.1) is 16.1 Å². The summed E-state index contributed by atoms with van der Waals surface area (Å²) in [5, 5.41) is 3.16. The van der Waals surface area contributed by atoms with Gasteiger partial charge in [-0.05, 0) is 41.5 Å². The van der Waals surface area contributed by atoms with E-state index in [1.807, 2.05) is 36.4 Å². The zero-order chi connectivity index (χ0) is 19.5. The summed E-state index contributed by atoms with van der Waals surface area (Å²) >= 11 is 6.30. The second-order valence-electron chi connectivity index (χ2n) is 6.19. The SMILES string of the molecule is O=C(COc1ccc(-c2ccccc2)cc1Cl)Nc1ccc2[nH]c(=O)[nH]c2c1. The van der Waals surface area contributed by atoms with Gasteiger partial charge in [0, 0.05) is 5.69 Å². The summed E-state index contributed by atoms with van der Waals surface area (Å²) in [4.78, 5) is 28.8. The van der Waals surface area contributed by atoms with Crippen LogP contribution in [0.25, 0.3) is 22.2 Å². The number of carbonyl (C=O) groups is 1. The molecule has 0 spiro atoms. The second kappa shape index (κ2) is 7.62. The molecular formula is C21H16ClN3O3. The fraction of sp³-hybridized carbons (Fsp3) is 0.0476. The van der Waals surface area contributed by atoms with Crippen LogP contribution < -0.4 is 15.7 Å². The number of benzene rings is 3. The predicted molar refractivity (Wildman–Crippen MR) is 110 cm³/mol. The first kappa shape index (κ1) is 17.9. The van der Waals surface area contributed by atoms with Gasteiger partial charge in [0.25, 0.3) is 5.91 Å². The van der Waals surface area contributed by atoms with E-state index < -0.39 is 0 Å². The highest BCUT2D eigenvalue weighted by molar-refractivity contribution is 6.32. The Morgan fingerprint density at radius 3 is 2.50 bits per heavy atom. The highest BCUT2D eigenvalue weighted by Crippen LogP contribution is 2.30. The minimum atomic E-state index is -0.333. The standard InChI is InChI=1S/C21H16ClN3O3/c22-16-10-14(13-4-2-1-3-5-13)6-9-19(16)28-12-20(26)23-15-7-8-17-18(11-15)25-21(27)24-17/h1-11H,12H2,(H,23,26)(H2,24,25,27). The van der Waals surface area contributed by atoms with E-state index in [9.17, 15) is 9.59 Å². The van der Waals surface area contributed by atoms with Gasteiger partial charge in [0.15, 0.2) is 6.61 Å². The number of amides is 1. The Hall–Kier alpha value is -3.51. The van der Waals surface area contributed by atoms with E-state index in [-0.39, 0.29) is 18.2 Å². The lowest BCUT2D eigenvalue weighted by molar-refractivity contribution is -0.118. The Bertz CT molecular complexity index is 1200. The monoisotopic (exact) mass is 393 g/mol. The van der Waals surface area contributed by atoms with Crippen LogP contribution in [0.5, 0.6) is 5.75 Å². The van der Waals surface area contributed by atoms with Gasteiger partial charge in [-0.1, -0.05) is 48.0 Å². The molecule has 0 fully saturated rings. The maximum absolute atomic E-state index is 12.2. The molecule has 4 aromatic rings. The third kappa shape index (κ3) is 3.92. The minimum Gasteiger partial charge on any atom is -0.482 e. The van der Waals surface area contributed by atoms with E-state index in [2.05, 4.69) is 15.3 Å². The molecule has 0 aliphatic rings. The number of rotatable bonds is 5. The lowest BCUT2D eigenvalue weighted by Gasteiger charge is -2.10. The number of carbonyl (C=O) groups excluding carboxylic acids is 1. The molecule has 0 radical (unpaired) electrons. The maximum Gasteiger partial charge on any atom is 0.323 e. The normalized spacial score (nSPS) is 10.8. The van der Waals surface area contributed by atoms with Gasteiger partial charge in [-0.2, -0.15) is 0 Å². The van der Waals surface area contributed by atoms with Crippen LogP contribution >= 0.6 is 11.6 Å². The number of aromatic nitrogens is 2. The zero-order valence-electron chi connectivity index (χ0n) is 14.7. The number of nitrogens with one attached hydrogen (secondary N) is 3. The maximum atomic E-state index is 12.2. The number of ether oxygens (including phenoxy) is 1. The van der Waals surface area contributed by atoms with Gasteiger partial charge in [-0.25, -0.2) is 4.79 Å². The average molecular weight is 394 g/mol. The van der Waals surface area contributed by atoms with Gasteiger partial charge in [-0.3, -0.25) is 4.79 Å². The van der Waals surface area contributed by atoms with Crippen molar-refractivity contribution < 1.29 is 9.53 Å². The molecule has 3 N–H and O–H groups in total. The summed E-state index contributed by atoms with van der Waals surface area (Å²) in [6.45, 7) is -0.188. The largest absolute Gasteiger partial charge is 0.482 e. The van der Waals surface area contributed by atoms with Crippen LogP contribution in [0.3, 0.4) is 0 Å². The van der Waals surface area contributed by atoms with Crippen LogP contribution in [0.1, 0.15) is 0 Å². The smallest absolute Gasteiger partial charge is 0.323 e. The molecule has 0 saturated heterocycles. The van der Waals surface area contributed by atoms with Crippen LogP contribution in [0.15, 0.2) is 71.5 Å². The number of fused-ring (bicyclic) bond motifs is 1. The second-order valence-corrected chi connectivity index (χ2v) is 6.59. The Morgan fingerprint density at radius 1 is 0.929 bits per heavy atom. The molecule has 1 heterocycles. The Balaban J connectivity index is 1.40. The van der Waals surface area contributed by atoms with Gasteiger partial charge in [0.2, 0.25) is 0 Å². The molecular weight excluding hydrogens is 378 g/mol. The van der Waals surface area contributed by atoms with Gasteiger partial charge < -0.3 is 20.0 Å². The Labute approximate surface area is 165 Å². The number of hydrogen-bond donors (Lipinski definition) is 3. The van der Waals surface area contributed by atoms with Crippen molar-refractivity contribution in [3.63, 3.8) is 0 Å². The lowest BCUT2D eigenvalue weighted by atomic mass is 10.1. The third-order valence-corrected chi connectivity index (χ3v) is 4.49. The molecule has 0 unspecified atom stereocenters. The van der Waals surface area contributed by atoms with E-state index in [1.54, 1.807) is 30.3 Å². The molecule has 3 aromatic carbocycles. The Kier molecular flexibility index (Phi) is 4.87. The molecule has 0 bridgehead atoms. The van der Waals surface area contributed by atoms with E-state index in [0.29, 0.717) is 27.5 Å². The topological polar surface area (TPSA) is 87.0 Å². The van der Waals surface area contributed by atoms with Crippen LogP contribution in [-0.2, 0) is 4.79 Å². The minimum absolute atomic E-state index is 0.188. The molecule has 6 nitrogen and oxygen atoms in total. The number of H-pyrrole nitrogens is 2. The highest BCUT2D eigenvalue weighted by atomic mass is 35.5. The van der Waals surface area contributed by atoms with Gasteiger partial charge >= 0.3 is 5.69 Å². The van der Waals surface area contributed by atoms with Crippen molar-refractivity contribution in [2.24, 2.45) is 0 Å². The quantitative estimate of drug-likeness (QED) is 0.475. The number of imidazole rings is 1. The molecule has 7 heteroatoms. The van der Waals surface area contributed by atoms with Crippen molar-refractivity contribution >= 4 is 34.2 Å².